The fraction of sp³-hybridized carbons (Fsp3) is 0.929. The molecule has 0 aliphatic heterocycles. The molecule has 41 heavy (non-hydrogen) atoms. The van der Waals surface area contributed by atoms with Crippen LogP contribution in [0.2, 0.25) is 0 Å². The molecule has 0 saturated heterocycles. The van der Waals surface area contributed by atoms with E-state index in [-0.39, 0.29) is 19.2 Å². The second-order valence-electron chi connectivity index (χ2n) is 8.56. The van der Waals surface area contributed by atoms with Gasteiger partial charge >= 0.3 is 11.9 Å². The maximum absolute atomic E-state index is 11.5. The number of carbonyl (C=O) groups is 2. The van der Waals surface area contributed by atoms with Crippen LogP contribution in [0.1, 0.15) is 39.0 Å². The highest BCUT2D eigenvalue weighted by Gasteiger charge is 2.02. The van der Waals surface area contributed by atoms with Crippen LogP contribution in [0.4, 0.5) is 0 Å². The lowest BCUT2D eigenvalue weighted by molar-refractivity contribution is -0.146. The van der Waals surface area contributed by atoms with E-state index >= 15 is 0 Å². The van der Waals surface area contributed by atoms with Gasteiger partial charge in [-0.3, -0.25) is 4.79 Å². The molecule has 0 atom stereocenters. The summed E-state index contributed by atoms with van der Waals surface area (Å²) in [5.74, 6) is -0.565. The molecule has 0 N–H and O–H groups in total. The first kappa shape index (κ1) is 39.6. The summed E-state index contributed by atoms with van der Waals surface area (Å²) in [6.45, 7) is 10.1. The van der Waals surface area contributed by atoms with Gasteiger partial charge in [-0.25, -0.2) is 4.79 Å². The van der Waals surface area contributed by atoms with Crippen molar-refractivity contribution in [3.05, 3.63) is 0 Å². The first-order chi connectivity index (χ1) is 20.2. The van der Waals surface area contributed by atoms with Crippen LogP contribution >= 0.6 is 0 Å². The van der Waals surface area contributed by atoms with Gasteiger partial charge in [-0.1, -0.05) is 26.2 Å². The van der Waals surface area contributed by atoms with Crippen molar-refractivity contribution in [3.63, 3.8) is 0 Å². The lowest BCUT2D eigenvalue weighted by Crippen LogP contribution is -2.16. The highest BCUT2D eigenvalue weighted by atomic mass is 16.6. The van der Waals surface area contributed by atoms with E-state index in [2.05, 4.69) is 11.7 Å². The first-order valence-electron chi connectivity index (χ1n) is 14.6. The molecule has 0 unspecified atom stereocenters. The lowest BCUT2D eigenvalue weighted by atomic mass is 10.2. The molecule has 0 bridgehead atoms. The van der Waals surface area contributed by atoms with Crippen LogP contribution in [0.3, 0.4) is 0 Å². The number of rotatable bonds is 34. The Morgan fingerprint density at radius 3 is 1.10 bits per heavy atom. The minimum absolute atomic E-state index is 0.0716. The summed E-state index contributed by atoms with van der Waals surface area (Å²) in [5, 5.41) is 0. The maximum Gasteiger partial charge on any atom is 0.331 e. The van der Waals surface area contributed by atoms with Crippen molar-refractivity contribution in [2.24, 2.45) is 0 Å². The van der Waals surface area contributed by atoms with Gasteiger partial charge in [0.25, 0.3) is 0 Å². The van der Waals surface area contributed by atoms with Crippen molar-refractivity contribution in [2.75, 3.05) is 133 Å². The summed E-state index contributed by atoms with van der Waals surface area (Å²) in [4.78, 5) is 22.4. The molecular formula is C28H54O13. The predicted molar refractivity (Wildman–Crippen MR) is 149 cm³/mol. The summed E-state index contributed by atoms with van der Waals surface area (Å²) >= 11 is 0. The Morgan fingerprint density at radius 2 is 0.756 bits per heavy atom. The molecule has 0 radical (unpaired) electrons. The first-order valence-corrected chi connectivity index (χ1v) is 14.6. The highest BCUT2D eigenvalue weighted by molar-refractivity contribution is 5.70. The van der Waals surface area contributed by atoms with Gasteiger partial charge in [-0.2, -0.15) is 0 Å². The van der Waals surface area contributed by atoms with Crippen LogP contribution in [0.25, 0.3) is 0 Å². The predicted octanol–water partition coefficient (Wildman–Crippen LogP) is 1.82. The van der Waals surface area contributed by atoms with E-state index in [9.17, 15) is 9.59 Å². The van der Waals surface area contributed by atoms with E-state index in [1.807, 2.05) is 0 Å². The SMILES string of the molecule is CCCCCCC(=O)OCCOCCOCCOCCOCCOCCOCCOCCOCCOCC(=O)OC. The zero-order chi connectivity index (χ0) is 29.9. The van der Waals surface area contributed by atoms with E-state index in [4.69, 9.17) is 47.4 Å². The molecule has 244 valence electrons. The summed E-state index contributed by atoms with van der Waals surface area (Å²) in [6, 6.07) is 0. The monoisotopic (exact) mass is 598 g/mol. The van der Waals surface area contributed by atoms with Gasteiger partial charge in [0.2, 0.25) is 0 Å². The molecule has 13 heteroatoms. The Labute approximate surface area is 245 Å². The van der Waals surface area contributed by atoms with Crippen LogP contribution in [-0.2, 0) is 61.7 Å². The number of carbonyl (C=O) groups excluding carboxylic acids is 2. The topological polar surface area (TPSA) is 136 Å². The van der Waals surface area contributed by atoms with Gasteiger partial charge in [0, 0.05) is 6.42 Å². The van der Waals surface area contributed by atoms with Crippen molar-refractivity contribution in [1.82, 2.24) is 0 Å². The number of esters is 2. The maximum atomic E-state index is 11.5. The Morgan fingerprint density at radius 1 is 0.415 bits per heavy atom. The van der Waals surface area contributed by atoms with Gasteiger partial charge in [-0.05, 0) is 6.42 Å². The van der Waals surface area contributed by atoms with E-state index in [0.717, 1.165) is 25.7 Å². The Kier molecular flexibility index (Phi) is 33.6. The number of ether oxygens (including phenoxy) is 11. The van der Waals surface area contributed by atoms with E-state index in [0.29, 0.717) is 119 Å². The average Bonchev–Trinajstić information content (AvgIpc) is 2.98. The molecule has 0 aromatic heterocycles. The molecule has 0 amide bonds. The molecule has 0 saturated carbocycles. The van der Waals surface area contributed by atoms with Gasteiger partial charge < -0.3 is 52.1 Å². The van der Waals surface area contributed by atoms with Gasteiger partial charge in [-0.15, -0.1) is 0 Å². The number of hydrogen-bond donors (Lipinski definition) is 0. The molecule has 0 aliphatic carbocycles. The summed E-state index contributed by atoms with van der Waals surface area (Å²) in [6.07, 6.45) is 4.75. The normalized spacial score (nSPS) is 11.2. The number of unbranched alkanes of at least 4 members (excludes halogenated alkanes) is 3. The zero-order valence-electron chi connectivity index (χ0n) is 25.3. The second kappa shape index (κ2) is 34.8. The van der Waals surface area contributed by atoms with Gasteiger partial charge in [0.15, 0.2) is 0 Å². The quantitative estimate of drug-likeness (QED) is 0.0788. The summed E-state index contributed by atoms with van der Waals surface area (Å²) < 4.78 is 57.9. The van der Waals surface area contributed by atoms with E-state index in [1.54, 1.807) is 0 Å². The smallest absolute Gasteiger partial charge is 0.331 e. The fourth-order valence-corrected chi connectivity index (χ4v) is 2.96. The Hall–Kier alpha value is -1.42. The van der Waals surface area contributed by atoms with Crippen LogP contribution in [0, 0.1) is 0 Å². The standard InChI is InChI=1S/C28H54O13/c1-3-4-5-6-7-27(29)41-25-24-39-21-20-37-17-16-35-13-12-33-9-8-32-10-11-34-14-15-36-18-19-38-22-23-40-26-28(30)31-2/h3-26H2,1-2H3. The summed E-state index contributed by atoms with van der Waals surface area (Å²) in [7, 11) is 1.31. The fourth-order valence-electron chi connectivity index (χ4n) is 2.96. The van der Waals surface area contributed by atoms with Crippen LogP contribution in [-0.4, -0.2) is 145 Å². The van der Waals surface area contributed by atoms with Crippen LogP contribution in [0.15, 0.2) is 0 Å². The van der Waals surface area contributed by atoms with Crippen molar-refractivity contribution in [3.8, 4) is 0 Å². The Bertz CT molecular complexity index is 551. The van der Waals surface area contributed by atoms with Gasteiger partial charge in [0.05, 0.1) is 119 Å². The van der Waals surface area contributed by atoms with Crippen molar-refractivity contribution >= 4 is 11.9 Å². The molecule has 0 aliphatic rings. The summed E-state index contributed by atoms with van der Waals surface area (Å²) in [5.41, 5.74) is 0. The average molecular weight is 599 g/mol. The third-order valence-corrected chi connectivity index (χ3v) is 5.15. The molecule has 0 aromatic rings. The van der Waals surface area contributed by atoms with Crippen molar-refractivity contribution in [1.29, 1.82) is 0 Å². The molecule has 0 fully saturated rings. The van der Waals surface area contributed by atoms with Crippen molar-refractivity contribution in [2.45, 2.75) is 39.0 Å². The largest absolute Gasteiger partial charge is 0.467 e. The zero-order valence-corrected chi connectivity index (χ0v) is 25.3. The highest BCUT2D eigenvalue weighted by Crippen LogP contribution is 2.03. The molecule has 0 rings (SSSR count). The van der Waals surface area contributed by atoms with Crippen LogP contribution < -0.4 is 0 Å². The molecule has 0 aromatic carbocycles. The number of hydrogen-bond acceptors (Lipinski definition) is 13. The van der Waals surface area contributed by atoms with Crippen LogP contribution in [0.5, 0.6) is 0 Å². The molecule has 0 heterocycles. The lowest BCUT2D eigenvalue weighted by Gasteiger charge is -2.09. The van der Waals surface area contributed by atoms with E-state index in [1.165, 1.54) is 7.11 Å². The third kappa shape index (κ3) is 34.7. The molecule has 13 nitrogen and oxygen atoms in total. The second-order valence-corrected chi connectivity index (χ2v) is 8.56. The Balaban J connectivity index is 3.09. The number of methoxy groups -OCH3 is 1. The third-order valence-electron chi connectivity index (χ3n) is 5.15. The minimum atomic E-state index is -0.409. The van der Waals surface area contributed by atoms with E-state index < -0.39 is 5.97 Å². The van der Waals surface area contributed by atoms with Crippen molar-refractivity contribution < 1.29 is 61.7 Å². The molecule has 0 spiro atoms. The minimum Gasteiger partial charge on any atom is -0.467 e. The van der Waals surface area contributed by atoms with Gasteiger partial charge in [0.1, 0.15) is 13.2 Å². The molecular weight excluding hydrogens is 544 g/mol.